The molecule has 2 heterocycles. The molecule has 0 fully saturated rings. The normalized spacial score (nSPS) is 11.6. The Kier molecular flexibility index (Phi) is 7.38. The number of hydrogen-bond acceptors (Lipinski definition) is 7. The van der Waals surface area contributed by atoms with Crippen molar-refractivity contribution in [2.75, 3.05) is 14.2 Å². The Morgan fingerprint density at radius 2 is 1.74 bits per heavy atom. The van der Waals surface area contributed by atoms with E-state index in [-0.39, 0.29) is 21.8 Å². The van der Waals surface area contributed by atoms with Crippen molar-refractivity contribution in [2.45, 2.75) is 18.7 Å². The zero-order valence-electron chi connectivity index (χ0n) is 21.3. The molecule has 0 unspecified atom stereocenters. The molecule has 8 nitrogen and oxygen atoms in total. The van der Waals surface area contributed by atoms with Gasteiger partial charge in [0.1, 0.15) is 22.2 Å². The van der Waals surface area contributed by atoms with Crippen molar-refractivity contribution in [1.82, 2.24) is 14.8 Å². The number of aliphatic carboxylic acids is 1. The van der Waals surface area contributed by atoms with E-state index in [1.165, 1.54) is 26.4 Å². The number of carboxylic acids is 1. The van der Waals surface area contributed by atoms with E-state index in [0.717, 1.165) is 39.5 Å². The maximum absolute atomic E-state index is 13.4. The molecule has 0 amide bonds. The SMILES string of the molecule is COc1cc(OC)cc(-c2nnc(S/C(=C\c3c(C)n(Cc4ccc(F)cc4)c4ccccc34)C(=O)O)o2)c1. The van der Waals surface area contributed by atoms with E-state index in [4.69, 9.17) is 13.9 Å². The molecule has 1 N–H and O–H groups in total. The first-order chi connectivity index (χ1) is 18.9. The standard InChI is InChI=1S/C29H24FN3O5S/c1-17-24(23-6-4-5-7-25(23)33(17)16-18-8-10-20(30)11-9-18)15-26(28(34)35)39-29-32-31-27(38-29)19-12-21(36-2)14-22(13-19)37-3/h4-15H,16H2,1-3H3,(H,34,35)/b26-15-. The van der Waals surface area contributed by atoms with Gasteiger partial charge in [0, 0.05) is 40.3 Å². The van der Waals surface area contributed by atoms with E-state index in [1.807, 2.05) is 31.2 Å². The molecule has 0 aliphatic carbocycles. The van der Waals surface area contributed by atoms with Crippen LogP contribution in [0, 0.1) is 12.7 Å². The molecule has 5 aromatic rings. The van der Waals surface area contributed by atoms with Gasteiger partial charge in [-0.2, -0.15) is 0 Å². The average Bonchev–Trinajstić information content (AvgIpc) is 3.52. The van der Waals surface area contributed by atoms with Crippen LogP contribution in [0.1, 0.15) is 16.8 Å². The lowest BCUT2D eigenvalue weighted by Gasteiger charge is -2.09. The van der Waals surface area contributed by atoms with Crippen molar-refractivity contribution < 1.29 is 28.2 Å². The summed E-state index contributed by atoms with van der Waals surface area (Å²) in [7, 11) is 3.08. The van der Waals surface area contributed by atoms with Gasteiger partial charge in [-0.3, -0.25) is 0 Å². The first kappa shape index (κ1) is 26.1. The number of nitrogens with zero attached hydrogens (tertiary/aromatic N) is 3. The van der Waals surface area contributed by atoms with Gasteiger partial charge in [-0.05, 0) is 60.7 Å². The highest BCUT2D eigenvalue weighted by Gasteiger charge is 2.20. The van der Waals surface area contributed by atoms with Crippen LogP contribution in [0.4, 0.5) is 4.39 Å². The molecule has 2 aromatic heterocycles. The molecular weight excluding hydrogens is 521 g/mol. The van der Waals surface area contributed by atoms with Gasteiger partial charge in [-0.25, -0.2) is 9.18 Å². The predicted molar refractivity (Wildman–Crippen MR) is 146 cm³/mol. The van der Waals surface area contributed by atoms with E-state index in [0.29, 0.717) is 23.6 Å². The number of hydrogen-bond donors (Lipinski definition) is 1. The van der Waals surface area contributed by atoms with Crippen LogP contribution >= 0.6 is 11.8 Å². The van der Waals surface area contributed by atoms with E-state index in [2.05, 4.69) is 14.8 Å². The number of halogens is 1. The molecule has 0 aliphatic heterocycles. The van der Waals surface area contributed by atoms with Gasteiger partial charge in [-0.1, -0.05) is 30.3 Å². The lowest BCUT2D eigenvalue weighted by Crippen LogP contribution is -2.02. The number of para-hydroxylation sites is 1. The summed E-state index contributed by atoms with van der Waals surface area (Å²) in [5.74, 6) is -0.121. The molecule has 0 radical (unpaired) electrons. The van der Waals surface area contributed by atoms with Crippen molar-refractivity contribution in [3.8, 4) is 23.0 Å². The molecule has 0 aliphatic rings. The van der Waals surface area contributed by atoms with Gasteiger partial charge in [0.15, 0.2) is 0 Å². The second kappa shape index (κ2) is 11.0. The highest BCUT2D eigenvalue weighted by Crippen LogP contribution is 2.35. The summed E-state index contributed by atoms with van der Waals surface area (Å²) >= 11 is 0.867. The van der Waals surface area contributed by atoms with E-state index < -0.39 is 5.97 Å². The fraction of sp³-hybridized carbons (Fsp3) is 0.138. The van der Waals surface area contributed by atoms with Gasteiger partial charge in [0.05, 0.1) is 14.2 Å². The van der Waals surface area contributed by atoms with Gasteiger partial charge in [0.2, 0.25) is 5.89 Å². The fourth-order valence-electron chi connectivity index (χ4n) is 4.27. The molecule has 3 aromatic carbocycles. The van der Waals surface area contributed by atoms with Crippen LogP contribution in [0.5, 0.6) is 11.5 Å². The van der Waals surface area contributed by atoms with Gasteiger partial charge >= 0.3 is 5.97 Å². The minimum atomic E-state index is -1.13. The summed E-state index contributed by atoms with van der Waals surface area (Å²) in [5, 5.41) is 19.1. The number of carbonyl (C=O) groups is 1. The highest BCUT2D eigenvalue weighted by molar-refractivity contribution is 8.03. The van der Waals surface area contributed by atoms with Crippen LogP contribution in [0.2, 0.25) is 0 Å². The lowest BCUT2D eigenvalue weighted by molar-refractivity contribution is -0.131. The largest absolute Gasteiger partial charge is 0.497 e. The number of benzene rings is 3. The molecular formula is C29H24FN3O5S. The van der Waals surface area contributed by atoms with Crippen LogP contribution in [0.25, 0.3) is 28.4 Å². The Morgan fingerprint density at radius 1 is 1.05 bits per heavy atom. The van der Waals surface area contributed by atoms with Gasteiger partial charge in [-0.15, -0.1) is 10.2 Å². The third-order valence-corrected chi connectivity index (χ3v) is 7.07. The maximum Gasteiger partial charge on any atom is 0.342 e. The number of ether oxygens (including phenoxy) is 2. The van der Waals surface area contributed by atoms with Gasteiger partial charge < -0.3 is 23.6 Å². The minimum absolute atomic E-state index is 0.0150. The van der Waals surface area contributed by atoms with E-state index in [1.54, 1.807) is 36.4 Å². The zero-order valence-corrected chi connectivity index (χ0v) is 22.2. The molecule has 0 saturated carbocycles. The molecule has 198 valence electrons. The van der Waals surface area contributed by atoms with Crippen molar-refractivity contribution in [1.29, 1.82) is 0 Å². The lowest BCUT2D eigenvalue weighted by atomic mass is 10.1. The molecule has 0 bridgehead atoms. The monoisotopic (exact) mass is 545 g/mol. The van der Waals surface area contributed by atoms with Crippen LogP contribution in [0.15, 0.2) is 81.3 Å². The first-order valence-electron chi connectivity index (χ1n) is 11.9. The highest BCUT2D eigenvalue weighted by atomic mass is 32.2. The second-order valence-corrected chi connectivity index (χ2v) is 9.61. The summed E-state index contributed by atoms with van der Waals surface area (Å²) in [6.07, 6.45) is 1.62. The Labute approximate surface area is 227 Å². The Bertz CT molecular complexity index is 1670. The van der Waals surface area contributed by atoms with Gasteiger partial charge in [0.25, 0.3) is 5.22 Å². The smallest absolute Gasteiger partial charge is 0.342 e. The first-order valence-corrected chi connectivity index (χ1v) is 12.7. The Morgan fingerprint density at radius 3 is 2.41 bits per heavy atom. The zero-order chi connectivity index (χ0) is 27.5. The molecule has 10 heteroatoms. The van der Waals surface area contributed by atoms with Crippen molar-refractivity contribution in [3.63, 3.8) is 0 Å². The summed E-state index contributed by atoms with van der Waals surface area (Å²) < 4.78 is 31.9. The number of aromatic nitrogens is 3. The average molecular weight is 546 g/mol. The van der Waals surface area contributed by atoms with E-state index >= 15 is 0 Å². The summed E-state index contributed by atoms with van der Waals surface area (Å²) in [6.45, 7) is 2.44. The van der Waals surface area contributed by atoms with Crippen LogP contribution in [0.3, 0.4) is 0 Å². The van der Waals surface area contributed by atoms with Crippen molar-refractivity contribution in [3.05, 3.63) is 94.3 Å². The van der Waals surface area contributed by atoms with Crippen molar-refractivity contribution in [2.24, 2.45) is 0 Å². The maximum atomic E-state index is 13.4. The van der Waals surface area contributed by atoms with Crippen LogP contribution in [-0.2, 0) is 11.3 Å². The number of fused-ring (bicyclic) bond motifs is 1. The second-order valence-electron chi connectivity index (χ2n) is 8.62. The Hall–Kier alpha value is -4.57. The summed E-state index contributed by atoms with van der Waals surface area (Å²) in [4.78, 5) is 12.3. The number of carboxylic acid groups (broad SMARTS) is 1. The number of thioether (sulfide) groups is 1. The summed E-state index contributed by atoms with van der Waals surface area (Å²) in [6, 6.07) is 19.2. The fourth-order valence-corrected chi connectivity index (χ4v) is 4.93. The quantitative estimate of drug-likeness (QED) is 0.167. The molecule has 0 atom stereocenters. The molecule has 0 spiro atoms. The molecule has 5 rings (SSSR count). The Balaban J connectivity index is 1.50. The number of methoxy groups -OCH3 is 2. The third kappa shape index (κ3) is 5.51. The predicted octanol–water partition coefficient (Wildman–Crippen LogP) is 6.42. The van der Waals surface area contributed by atoms with Crippen molar-refractivity contribution >= 4 is 34.7 Å². The number of rotatable bonds is 9. The topological polar surface area (TPSA) is 99.6 Å². The van der Waals surface area contributed by atoms with Crippen LogP contribution in [-0.4, -0.2) is 40.1 Å². The molecule has 39 heavy (non-hydrogen) atoms. The van der Waals surface area contributed by atoms with E-state index in [9.17, 15) is 14.3 Å². The summed E-state index contributed by atoms with van der Waals surface area (Å²) in [5.41, 5.74) is 4.07. The third-order valence-electron chi connectivity index (χ3n) is 6.22. The van der Waals surface area contributed by atoms with Crippen LogP contribution < -0.4 is 9.47 Å². The minimum Gasteiger partial charge on any atom is -0.497 e. The molecule has 0 saturated heterocycles.